The summed E-state index contributed by atoms with van der Waals surface area (Å²) in [6.45, 7) is 7.20. The van der Waals surface area contributed by atoms with Crippen LogP contribution in [0.25, 0.3) is 0 Å². The van der Waals surface area contributed by atoms with Gasteiger partial charge in [-0.1, -0.05) is 68.5 Å². The number of hydrogen-bond acceptors (Lipinski definition) is 5. The molecule has 3 amide bonds. The van der Waals surface area contributed by atoms with E-state index in [4.69, 9.17) is 27.9 Å². The minimum absolute atomic E-state index is 0.0988. The fourth-order valence-corrected chi connectivity index (χ4v) is 7.35. The molecule has 1 spiro atoms. The summed E-state index contributed by atoms with van der Waals surface area (Å²) in [5, 5.41) is 6.86. The highest BCUT2D eigenvalue weighted by molar-refractivity contribution is 6.42. The van der Waals surface area contributed by atoms with Gasteiger partial charge in [0.15, 0.2) is 0 Å². The number of rotatable bonds is 11. The van der Waals surface area contributed by atoms with Gasteiger partial charge in [0.2, 0.25) is 17.7 Å². The van der Waals surface area contributed by atoms with Gasteiger partial charge in [0, 0.05) is 24.8 Å². The molecule has 0 aromatic heterocycles. The van der Waals surface area contributed by atoms with E-state index < -0.39 is 29.6 Å². The van der Waals surface area contributed by atoms with Crippen LogP contribution in [0.15, 0.2) is 30.4 Å². The van der Waals surface area contributed by atoms with Crippen LogP contribution in [-0.2, 0) is 19.1 Å². The van der Waals surface area contributed by atoms with Crippen LogP contribution in [0.3, 0.4) is 0 Å². The van der Waals surface area contributed by atoms with Crippen molar-refractivity contribution in [1.82, 2.24) is 15.1 Å². The van der Waals surface area contributed by atoms with Gasteiger partial charge in [0.1, 0.15) is 11.6 Å². The molecule has 40 heavy (non-hydrogen) atoms. The van der Waals surface area contributed by atoms with Crippen LogP contribution >= 0.6 is 23.2 Å². The lowest BCUT2D eigenvalue weighted by Gasteiger charge is -2.35. The van der Waals surface area contributed by atoms with E-state index in [1.54, 1.807) is 23.1 Å². The Hall–Kier alpha value is -2.13. The van der Waals surface area contributed by atoms with Crippen LogP contribution in [0, 0.1) is 11.8 Å². The van der Waals surface area contributed by atoms with E-state index in [9.17, 15) is 14.4 Å². The zero-order chi connectivity index (χ0) is 28.4. The van der Waals surface area contributed by atoms with Gasteiger partial charge in [-0.2, -0.15) is 0 Å². The van der Waals surface area contributed by atoms with Gasteiger partial charge in [-0.05, 0) is 57.0 Å². The number of fused-ring (bicyclic) bond motifs is 1. The van der Waals surface area contributed by atoms with Crippen molar-refractivity contribution in [2.24, 2.45) is 11.8 Å². The molecule has 3 aliphatic heterocycles. The lowest BCUT2D eigenvalue weighted by molar-refractivity contribution is -0.141. The highest BCUT2D eigenvalue weighted by atomic mass is 35.5. The second-order valence-electron chi connectivity index (χ2n) is 11.5. The Kier molecular flexibility index (Phi) is 9.10. The smallest absolute Gasteiger partial charge is 0.246 e. The quantitative estimate of drug-likeness (QED) is 0.366. The van der Waals surface area contributed by atoms with Crippen molar-refractivity contribution in [3.8, 4) is 0 Å². The molecule has 2 bridgehead atoms. The molecule has 3 fully saturated rings. The van der Waals surface area contributed by atoms with Crippen molar-refractivity contribution in [2.45, 2.75) is 82.6 Å². The normalized spacial score (nSPS) is 29.3. The highest BCUT2D eigenvalue weighted by Gasteiger charge is 2.72. The number of anilines is 1. The number of carbonyl (C=O) groups excluding carboxylic acids is 3. The van der Waals surface area contributed by atoms with E-state index in [-0.39, 0.29) is 23.8 Å². The fourth-order valence-electron chi connectivity index (χ4n) is 7.05. The lowest BCUT2D eigenvalue weighted by atomic mass is 9.74. The summed E-state index contributed by atoms with van der Waals surface area (Å²) >= 11 is 12.2. The fraction of sp³-hybridized carbons (Fsp3) is 0.633. The lowest BCUT2D eigenvalue weighted by Crippen LogP contribution is -2.57. The molecule has 2 saturated heterocycles. The minimum atomic E-state index is -1.17. The van der Waals surface area contributed by atoms with E-state index >= 15 is 0 Å². The van der Waals surface area contributed by atoms with E-state index in [1.807, 2.05) is 12.2 Å². The predicted octanol–water partition coefficient (Wildman–Crippen LogP) is 4.65. The summed E-state index contributed by atoms with van der Waals surface area (Å²) in [5.41, 5.74) is -0.676. The number of likely N-dealkylation sites (tertiary alicyclic amines) is 1. The second-order valence-corrected chi connectivity index (χ2v) is 12.4. The van der Waals surface area contributed by atoms with Crippen molar-refractivity contribution in [3.63, 3.8) is 0 Å². The summed E-state index contributed by atoms with van der Waals surface area (Å²) in [6, 6.07) is 4.15. The first kappa shape index (κ1) is 29.4. The largest absolute Gasteiger partial charge is 0.359 e. The molecule has 0 unspecified atom stereocenters. The molecule has 1 aromatic rings. The first-order valence-corrected chi connectivity index (χ1v) is 15.5. The van der Waals surface area contributed by atoms with Crippen molar-refractivity contribution < 1.29 is 19.1 Å². The van der Waals surface area contributed by atoms with Gasteiger partial charge in [0.05, 0.1) is 28.0 Å². The zero-order valence-corrected chi connectivity index (χ0v) is 24.8. The molecule has 5 atom stereocenters. The van der Waals surface area contributed by atoms with E-state index in [0.717, 1.165) is 51.6 Å². The Morgan fingerprint density at radius 2 is 1.77 bits per heavy atom. The SMILES string of the molecule is CCCN(CCC)CCN1C(=O)[C@@H]2[C@@H](C(=O)Nc3ccc(Cl)c(Cl)c3)[C@@H]3C=C[C@@]2(O3)[C@@H]1C(=O)NC1CCCCC1. The molecule has 3 heterocycles. The van der Waals surface area contributed by atoms with Crippen LogP contribution in [0.1, 0.15) is 58.8 Å². The number of benzene rings is 1. The predicted molar refractivity (Wildman–Crippen MR) is 156 cm³/mol. The molecule has 4 aliphatic rings. The summed E-state index contributed by atoms with van der Waals surface area (Å²) < 4.78 is 6.47. The third kappa shape index (κ3) is 5.52. The Morgan fingerprint density at radius 1 is 1.05 bits per heavy atom. The van der Waals surface area contributed by atoms with Gasteiger partial charge >= 0.3 is 0 Å². The Morgan fingerprint density at radius 3 is 2.45 bits per heavy atom. The number of nitrogens with zero attached hydrogens (tertiary/aromatic N) is 2. The van der Waals surface area contributed by atoms with Gasteiger partial charge in [-0.15, -0.1) is 0 Å². The van der Waals surface area contributed by atoms with Gasteiger partial charge in [0.25, 0.3) is 0 Å². The van der Waals surface area contributed by atoms with E-state index in [1.165, 1.54) is 6.42 Å². The molecule has 10 heteroatoms. The second kappa shape index (κ2) is 12.4. The molecular formula is C30H40Cl2N4O4. The highest BCUT2D eigenvalue weighted by Crippen LogP contribution is 2.55. The van der Waals surface area contributed by atoms with Crippen LogP contribution in [0.2, 0.25) is 10.0 Å². The van der Waals surface area contributed by atoms with E-state index in [0.29, 0.717) is 28.8 Å². The van der Waals surface area contributed by atoms with Gasteiger partial charge in [-0.25, -0.2) is 0 Å². The number of hydrogen-bond donors (Lipinski definition) is 2. The standard InChI is InChI=1S/C30H40Cl2N4O4/c1-3-14-35(15-4-2)16-17-36-26(28(38)33-19-8-6-5-7-9-19)30-13-12-23(40-30)24(25(30)29(36)39)27(37)34-20-10-11-21(31)22(32)18-20/h10-13,18-19,23-26H,3-9,14-17H2,1-2H3,(H,33,38)(H,34,37)/t23-,24-,25-,26-,30-/m0/s1. The Labute approximate surface area is 246 Å². The summed E-state index contributed by atoms with van der Waals surface area (Å²) in [6.07, 6.45) is 10.4. The van der Waals surface area contributed by atoms with Crippen LogP contribution in [0.5, 0.6) is 0 Å². The van der Waals surface area contributed by atoms with Crippen molar-refractivity contribution in [1.29, 1.82) is 0 Å². The molecular weight excluding hydrogens is 551 g/mol. The maximum absolute atomic E-state index is 14.2. The molecule has 0 radical (unpaired) electrons. The van der Waals surface area contributed by atoms with Crippen molar-refractivity contribution >= 4 is 46.6 Å². The first-order valence-electron chi connectivity index (χ1n) is 14.7. The molecule has 1 aliphatic carbocycles. The molecule has 1 saturated carbocycles. The Balaban J connectivity index is 1.41. The first-order chi connectivity index (χ1) is 19.3. The molecule has 1 aromatic carbocycles. The monoisotopic (exact) mass is 590 g/mol. The van der Waals surface area contributed by atoms with Crippen molar-refractivity contribution in [3.05, 3.63) is 40.4 Å². The molecule has 218 valence electrons. The summed E-state index contributed by atoms with van der Waals surface area (Å²) in [7, 11) is 0. The summed E-state index contributed by atoms with van der Waals surface area (Å²) in [4.78, 5) is 45.8. The topological polar surface area (TPSA) is 91.0 Å². The Bertz CT molecular complexity index is 1150. The van der Waals surface area contributed by atoms with Gasteiger partial charge in [-0.3, -0.25) is 14.4 Å². The number of halogens is 2. The van der Waals surface area contributed by atoms with Crippen LogP contribution in [0.4, 0.5) is 5.69 Å². The maximum atomic E-state index is 14.2. The minimum Gasteiger partial charge on any atom is -0.359 e. The number of amides is 3. The third-order valence-corrected chi connectivity index (χ3v) is 9.54. The van der Waals surface area contributed by atoms with Gasteiger partial charge < -0.3 is 25.2 Å². The third-order valence-electron chi connectivity index (χ3n) is 8.80. The van der Waals surface area contributed by atoms with Crippen LogP contribution < -0.4 is 10.6 Å². The summed E-state index contributed by atoms with van der Waals surface area (Å²) in [5.74, 6) is -2.25. The van der Waals surface area contributed by atoms with E-state index in [2.05, 4.69) is 29.4 Å². The number of nitrogens with one attached hydrogen (secondary N) is 2. The molecule has 5 rings (SSSR count). The molecule has 2 N–H and O–H groups in total. The average molecular weight is 592 g/mol. The number of ether oxygens (including phenoxy) is 1. The average Bonchev–Trinajstić information content (AvgIpc) is 3.57. The number of carbonyl (C=O) groups is 3. The van der Waals surface area contributed by atoms with Crippen molar-refractivity contribution in [2.75, 3.05) is 31.5 Å². The van der Waals surface area contributed by atoms with Crippen LogP contribution in [-0.4, -0.2) is 77.5 Å². The zero-order valence-electron chi connectivity index (χ0n) is 23.3. The molecule has 8 nitrogen and oxygen atoms in total. The maximum Gasteiger partial charge on any atom is 0.246 e.